The van der Waals surface area contributed by atoms with Crippen molar-refractivity contribution in [1.82, 2.24) is 24.9 Å². The average molecular weight is 594 g/mol. The maximum Gasteiger partial charge on any atom is 0.434 e. The number of para-hydroxylation sites is 1. The molecule has 216 valence electrons. The lowest BCUT2D eigenvalue weighted by atomic mass is 9.82. The lowest BCUT2D eigenvalue weighted by molar-refractivity contribution is -0.140. The van der Waals surface area contributed by atoms with Crippen molar-refractivity contribution in [3.63, 3.8) is 0 Å². The lowest BCUT2D eigenvalue weighted by Gasteiger charge is -2.25. The molecular formula is C31H27ClF3N5O2. The minimum Gasteiger partial charge on any atom is -0.507 e. The number of hydrogen-bond acceptors (Lipinski definition) is 5. The Morgan fingerprint density at radius 2 is 1.81 bits per heavy atom. The van der Waals surface area contributed by atoms with Gasteiger partial charge in [-0.2, -0.15) is 18.3 Å². The van der Waals surface area contributed by atoms with E-state index in [1.54, 1.807) is 36.5 Å². The topological polar surface area (TPSA) is 92.4 Å². The van der Waals surface area contributed by atoms with Gasteiger partial charge in [-0.15, -0.1) is 0 Å². The summed E-state index contributed by atoms with van der Waals surface area (Å²) in [5.41, 5.74) is 1.74. The van der Waals surface area contributed by atoms with E-state index in [4.69, 9.17) is 11.6 Å². The zero-order valence-electron chi connectivity index (χ0n) is 22.8. The van der Waals surface area contributed by atoms with Crippen LogP contribution in [0.3, 0.4) is 0 Å². The fraction of sp³-hybridized carbons (Fsp3) is 0.226. The molecule has 3 aromatic heterocycles. The number of aromatic nitrogens is 4. The molecule has 5 rings (SSSR count). The average Bonchev–Trinajstić information content (AvgIpc) is 3.37. The highest BCUT2D eigenvalue weighted by atomic mass is 35.5. The molecule has 1 amide bonds. The van der Waals surface area contributed by atoms with Crippen molar-refractivity contribution >= 4 is 23.2 Å². The van der Waals surface area contributed by atoms with Crippen LogP contribution in [0.15, 0.2) is 79.1 Å². The van der Waals surface area contributed by atoms with Gasteiger partial charge in [-0.25, -0.2) is 9.50 Å². The Morgan fingerprint density at radius 3 is 2.57 bits per heavy atom. The minimum atomic E-state index is -4.61. The Morgan fingerprint density at radius 1 is 1.02 bits per heavy atom. The van der Waals surface area contributed by atoms with E-state index in [9.17, 15) is 23.1 Å². The molecule has 2 aromatic carbocycles. The summed E-state index contributed by atoms with van der Waals surface area (Å²) in [5.74, 6) is -0.412. The van der Waals surface area contributed by atoms with Crippen LogP contribution in [0.1, 0.15) is 41.9 Å². The van der Waals surface area contributed by atoms with Gasteiger partial charge in [0.1, 0.15) is 5.75 Å². The Kier molecular flexibility index (Phi) is 7.92. The molecule has 0 saturated carbocycles. The molecule has 0 saturated heterocycles. The molecule has 0 radical (unpaired) electrons. The number of rotatable bonds is 8. The number of amides is 1. The second kappa shape index (κ2) is 11.4. The van der Waals surface area contributed by atoms with Gasteiger partial charge in [0.2, 0.25) is 0 Å². The van der Waals surface area contributed by atoms with Crippen molar-refractivity contribution in [3.05, 3.63) is 101 Å². The van der Waals surface area contributed by atoms with Crippen LogP contribution in [0, 0.1) is 5.41 Å². The number of fused-ring (bicyclic) bond motifs is 1. The summed E-state index contributed by atoms with van der Waals surface area (Å²) >= 11 is 6.56. The van der Waals surface area contributed by atoms with E-state index in [2.05, 4.69) is 34.2 Å². The number of pyridine rings is 1. The zero-order valence-corrected chi connectivity index (χ0v) is 23.5. The van der Waals surface area contributed by atoms with Crippen molar-refractivity contribution < 1.29 is 23.1 Å². The van der Waals surface area contributed by atoms with Gasteiger partial charge in [-0.05, 0) is 72.4 Å². The molecule has 2 N–H and O–H groups in total. The Labute approximate surface area is 245 Å². The highest BCUT2D eigenvalue weighted by Gasteiger charge is 2.36. The third-order valence-electron chi connectivity index (χ3n) is 6.92. The summed E-state index contributed by atoms with van der Waals surface area (Å²) in [5, 5.41) is 17.7. The third kappa shape index (κ3) is 6.38. The van der Waals surface area contributed by atoms with E-state index in [0.29, 0.717) is 35.8 Å². The molecule has 0 bridgehead atoms. The summed E-state index contributed by atoms with van der Waals surface area (Å²) in [6, 6.07) is 17.8. The second-order valence-electron chi connectivity index (χ2n) is 10.7. The fourth-order valence-electron chi connectivity index (χ4n) is 4.75. The van der Waals surface area contributed by atoms with E-state index < -0.39 is 11.9 Å². The van der Waals surface area contributed by atoms with Crippen LogP contribution >= 0.6 is 11.6 Å². The van der Waals surface area contributed by atoms with Crippen LogP contribution < -0.4 is 5.32 Å². The minimum absolute atomic E-state index is 0.0700. The number of alkyl halides is 3. The molecular weight excluding hydrogens is 567 g/mol. The Hall–Kier alpha value is -4.44. The van der Waals surface area contributed by atoms with Crippen molar-refractivity contribution in [3.8, 4) is 28.3 Å². The first-order valence-electron chi connectivity index (χ1n) is 13.2. The van der Waals surface area contributed by atoms with Crippen LogP contribution in [0.2, 0.25) is 5.02 Å². The number of hydrogen-bond donors (Lipinski definition) is 2. The quantitative estimate of drug-likeness (QED) is 0.198. The summed E-state index contributed by atoms with van der Waals surface area (Å²) in [7, 11) is 0. The number of phenolic OH excluding ortho intramolecular Hbond substituents is 1. The molecule has 11 heteroatoms. The standard InChI is InChI=1S/C31H27ClF3N5O2/c1-30(2,13-15-37-29(42)22-6-3-4-8-26(22)41)17-20-16-19(9-10-23(20)32)25-18-40-27(38-25)12-11-24(39-40)21-7-5-14-36-28(21)31(33,34)35/h3-12,14,16,18,41H,13,15,17H2,1-2H3,(H,37,42). The number of aromatic hydroxyl groups is 1. The van der Waals surface area contributed by atoms with E-state index in [-0.39, 0.29) is 33.9 Å². The number of nitrogens with one attached hydrogen (secondary N) is 1. The number of imidazole rings is 1. The first-order chi connectivity index (χ1) is 19.9. The summed E-state index contributed by atoms with van der Waals surface area (Å²) in [6.45, 7) is 4.56. The van der Waals surface area contributed by atoms with Crippen LogP contribution in [0.4, 0.5) is 13.2 Å². The summed E-state index contributed by atoms with van der Waals surface area (Å²) in [6.07, 6.45) is -0.580. The van der Waals surface area contributed by atoms with Gasteiger partial charge in [0, 0.05) is 28.9 Å². The number of nitrogens with zero attached hydrogens (tertiary/aromatic N) is 4. The Bertz CT molecular complexity index is 1770. The first-order valence-corrected chi connectivity index (χ1v) is 13.5. The molecule has 42 heavy (non-hydrogen) atoms. The zero-order chi connectivity index (χ0) is 30.1. The van der Waals surface area contributed by atoms with Gasteiger partial charge in [0.25, 0.3) is 5.91 Å². The number of carbonyl (C=O) groups is 1. The first kappa shape index (κ1) is 29.1. The van der Waals surface area contributed by atoms with Crippen LogP contribution in [-0.2, 0) is 12.6 Å². The number of carbonyl (C=O) groups excluding carboxylic acids is 1. The lowest BCUT2D eigenvalue weighted by Crippen LogP contribution is -2.29. The third-order valence-corrected chi connectivity index (χ3v) is 7.29. The van der Waals surface area contributed by atoms with Gasteiger partial charge < -0.3 is 10.4 Å². The molecule has 5 aromatic rings. The fourth-order valence-corrected chi connectivity index (χ4v) is 4.94. The number of phenols is 1. The smallest absolute Gasteiger partial charge is 0.434 e. The van der Waals surface area contributed by atoms with Crippen molar-refractivity contribution in [1.29, 1.82) is 0 Å². The van der Waals surface area contributed by atoms with Crippen molar-refractivity contribution in [2.75, 3.05) is 6.54 Å². The number of benzene rings is 2. The molecule has 0 aliphatic carbocycles. The second-order valence-corrected chi connectivity index (χ2v) is 11.1. The molecule has 0 aliphatic heterocycles. The molecule has 0 fully saturated rings. The van der Waals surface area contributed by atoms with Gasteiger partial charge in [-0.3, -0.25) is 9.78 Å². The predicted molar refractivity (Wildman–Crippen MR) is 154 cm³/mol. The van der Waals surface area contributed by atoms with Crippen LogP contribution in [-0.4, -0.2) is 37.1 Å². The van der Waals surface area contributed by atoms with Gasteiger partial charge >= 0.3 is 6.18 Å². The van der Waals surface area contributed by atoms with E-state index >= 15 is 0 Å². The van der Waals surface area contributed by atoms with Crippen molar-refractivity contribution in [2.45, 2.75) is 32.9 Å². The Balaban J connectivity index is 1.33. The van der Waals surface area contributed by atoms with E-state index in [1.165, 1.54) is 28.8 Å². The SMILES string of the molecule is CC(C)(CCNC(=O)c1ccccc1O)Cc1cc(-c2cn3nc(-c4cccnc4C(F)(F)F)ccc3n2)ccc1Cl. The highest BCUT2D eigenvalue weighted by molar-refractivity contribution is 6.31. The molecule has 0 aliphatic rings. The van der Waals surface area contributed by atoms with Gasteiger partial charge in [0.15, 0.2) is 11.3 Å². The maximum atomic E-state index is 13.5. The van der Waals surface area contributed by atoms with Gasteiger partial charge in [-0.1, -0.05) is 43.6 Å². The predicted octanol–water partition coefficient (Wildman–Crippen LogP) is 7.22. The molecule has 0 atom stereocenters. The largest absolute Gasteiger partial charge is 0.507 e. The molecule has 7 nitrogen and oxygen atoms in total. The molecule has 3 heterocycles. The van der Waals surface area contributed by atoms with Crippen LogP contribution in [0.25, 0.3) is 28.2 Å². The van der Waals surface area contributed by atoms with Crippen LogP contribution in [0.5, 0.6) is 5.75 Å². The number of halogens is 4. The summed E-state index contributed by atoms with van der Waals surface area (Å²) < 4.78 is 42.0. The molecule has 0 spiro atoms. The monoisotopic (exact) mass is 593 g/mol. The van der Waals surface area contributed by atoms with Gasteiger partial charge in [0.05, 0.1) is 23.1 Å². The highest BCUT2D eigenvalue weighted by Crippen LogP contribution is 2.35. The maximum absolute atomic E-state index is 13.5. The molecule has 0 unspecified atom stereocenters. The summed E-state index contributed by atoms with van der Waals surface area (Å²) in [4.78, 5) is 20.6. The normalized spacial score (nSPS) is 12.0. The van der Waals surface area contributed by atoms with E-state index in [0.717, 1.165) is 17.3 Å². The van der Waals surface area contributed by atoms with Crippen molar-refractivity contribution in [2.24, 2.45) is 5.41 Å². The van der Waals surface area contributed by atoms with E-state index in [1.807, 2.05) is 12.1 Å².